The van der Waals surface area contributed by atoms with Crippen LogP contribution in [0, 0.1) is 5.82 Å². The number of Topliss-reactive ketones (excluding diaryl/α,β-unsaturated/α-hetero) is 1. The zero-order chi connectivity index (χ0) is 12.2. The lowest BCUT2D eigenvalue weighted by Crippen LogP contribution is -2.20. The van der Waals surface area contributed by atoms with Crippen molar-refractivity contribution < 1.29 is 27.1 Å². The van der Waals surface area contributed by atoms with Crippen LogP contribution in [0.1, 0.15) is 10.4 Å². The molecule has 3 nitrogen and oxygen atoms in total. The molecule has 1 aromatic rings. The Kier molecular flexibility index (Phi) is 3.94. The van der Waals surface area contributed by atoms with Crippen LogP contribution in [0.2, 0.25) is 0 Å². The molecule has 0 amide bonds. The number of carbonyl (C=O) groups is 1. The predicted molar refractivity (Wildman–Crippen MR) is 45.4 cm³/mol. The van der Waals surface area contributed by atoms with Gasteiger partial charge < -0.3 is 4.74 Å². The van der Waals surface area contributed by atoms with E-state index in [1.54, 1.807) is 0 Å². The lowest BCUT2D eigenvalue weighted by molar-refractivity contribution is -0.170. The Hall–Kier alpha value is -1.50. The van der Waals surface area contributed by atoms with Crippen molar-refractivity contribution in [2.24, 2.45) is 0 Å². The Morgan fingerprint density at radius 2 is 2.06 bits per heavy atom. The lowest BCUT2D eigenvalue weighted by Gasteiger charge is -2.06. The van der Waals surface area contributed by atoms with E-state index in [1.807, 2.05) is 0 Å². The normalized spacial score (nSPS) is 11.5. The maximum Gasteiger partial charge on any atom is 0.411 e. The number of ketones is 1. The van der Waals surface area contributed by atoms with E-state index in [1.165, 1.54) is 0 Å². The maximum absolute atomic E-state index is 12.6. The van der Waals surface area contributed by atoms with E-state index in [2.05, 4.69) is 9.72 Å². The highest BCUT2D eigenvalue weighted by atomic mass is 19.4. The largest absolute Gasteiger partial charge is 0.411 e. The van der Waals surface area contributed by atoms with Crippen molar-refractivity contribution in [2.45, 2.75) is 6.18 Å². The molecule has 16 heavy (non-hydrogen) atoms. The number of alkyl halides is 3. The number of rotatable bonds is 4. The third-order valence-corrected chi connectivity index (χ3v) is 1.53. The standard InChI is InChI=1S/C9H7F4NO2/c10-7-1-6(2-14-3-7)8(15)4-16-5-9(11,12)13/h1-3H,4-5H2. The predicted octanol–water partition coefficient (Wildman–Crippen LogP) is 1.98. The van der Waals surface area contributed by atoms with E-state index in [0.717, 1.165) is 18.5 Å². The molecule has 0 aliphatic heterocycles. The quantitative estimate of drug-likeness (QED) is 0.593. The summed E-state index contributed by atoms with van der Waals surface area (Å²) in [5.74, 6) is -1.49. The smallest absolute Gasteiger partial charge is 0.364 e. The molecule has 0 spiro atoms. The summed E-state index contributed by atoms with van der Waals surface area (Å²) in [4.78, 5) is 14.6. The van der Waals surface area contributed by atoms with Crippen LogP contribution in [0.15, 0.2) is 18.5 Å². The average molecular weight is 237 g/mol. The topological polar surface area (TPSA) is 39.2 Å². The molecule has 7 heteroatoms. The third kappa shape index (κ3) is 4.35. The summed E-state index contributed by atoms with van der Waals surface area (Å²) in [5, 5.41) is 0. The van der Waals surface area contributed by atoms with Gasteiger partial charge in [0.05, 0.1) is 6.20 Å². The molecule has 0 N–H and O–H groups in total. The van der Waals surface area contributed by atoms with Gasteiger partial charge in [-0.2, -0.15) is 13.2 Å². The zero-order valence-corrected chi connectivity index (χ0v) is 7.92. The average Bonchev–Trinajstić information content (AvgIpc) is 2.15. The van der Waals surface area contributed by atoms with Crippen LogP contribution in [0.3, 0.4) is 0 Å². The SMILES string of the molecule is O=C(COCC(F)(F)F)c1cncc(F)c1. The summed E-state index contributed by atoms with van der Waals surface area (Å²) in [6, 6.07) is 0.881. The number of pyridine rings is 1. The van der Waals surface area contributed by atoms with Crippen molar-refractivity contribution in [3.63, 3.8) is 0 Å². The van der Waals surface area contributed by atoms with Gasteiger partial charge in [-0.15, -0.1) is 0 Å². The van der Waals surface area contributed by atoms with E-state index in [-0.39, 0.29) is 5.56 Å². The second kappa shape index (κ2) is 5.02. The first kappa shape index (κ1) is 12.6. The van der Waals surface area contributed by atoms with Gasteiger partial charge in [0.1, 0.15) is 19.0 Å². The molecule has 0 bridgehead atoms. The number of halogens is 4. The van der Waals surface area contributed by atoms with Gasteiger partial charge in [0.25, 0.3) is 0 Å². The van der Waals surface area contributed by atoms with Crippen LogP contribution in [-0.4, -0.2) is 30.2 Å². The van der Waals surface area contributed by atoms with Gasteiger partial charge >= 0.3 is 6.18 Å². The highest BCUT2D eigenvalue weighted by molar-refractivity contribution is 5.96. The molecule has 0 unspecified atom stereocenters. The van der Waals surface area contributed by atoms with E-state index < -0.39 is 31.0 Å². The van der Waals surface area contributed by atoms with Crippen LogP contribution >= 0.6 is 0 Å². The van der Waals surface area contributed by atoms with Crippen molar-refractivity contribution in [3.8, 4) is 0 Å². The minimum Gasteiger partial charge on any atom is -0.364 e. The van der Waals surface area contributed by atoms with E-state index in [0.29, 0.717) is 0 Å². The van der Waals surface area contributed by atoms with Gasteiger partial charge in [-0.1, -0.05) is 0 Å². The number of hydrogen-bond donors (Lipinski definition) is 0. The molecule has 88 valence electrons. The molecule has 0 aliphatic rings. The van der Waals surface area contributed by atoms with Gasteiger partial charge in [-0.3, -0.25) is 9.78 Å². The summed E-state index contributed by atoms with van der Waals surface area (Å²) >= 11 is 0. The van der Waals surface area contributed by atoms with E-state index in [4.69, 9.17) is 0 Å². The first-order valence-corrected chi connectivity index (χ1v) is 4.17. The van der Waals surface area contributed by atoms with Gasteiger partial charge in [-0.05, 0) is 6.07 Å². The summed E-state index contributed by atoms with van der Waals surface area (Å²) in [5.41, 5.74) is -0.123. The molecule has 0 atom stereocenters. The monoisotopic (exact) mass is 237 g/mol. The lowest BCUT2D eigenvalue weighted by atomic mass is 10.2. The molecule has 0 fully saturated rings. The summed E-state index contributed by atoms with van der Waals surface area (Å²) in [7, 11) is 0. The first-order valence-electron chi connectivity index (χ1n) is 4.17. The number of carbonyl (C=O) groups excluding carboxylic acids is 1. The van der Waals surface area contributed by atoms with Crippen LogP contribution < -0.4 is 0 Å². The molecule has 1 heterocycles. The zero-order valence-electron chi connectivity index (χ0n) is 7.92. The van der Waals surface area contributed by atoms with Crippen molar-refractivity contribution in [1.29, 1.82) is 0 Å². The van der Waals surface area contributed by atoms with Gasteiger partial charge in [0, 0.05) is 11.8 Å². The Balaban J connectivity index is 2.47. The third-order valence-electron chi connectivity index (χ3n) is 1.53. The maximum atomic E-state index is 12.6. The first-order chi connectivity index (χ1) is 7.38. The van der Waals surface area contributed by atoms with Crippen LogP contribution in [0.5, 0.6) is 0 Å². The fraction of sp³-hybridized carbons (Fsp3) is 0.333. The second-order valence-corrected chi connectivity index (χ2v) is 2.92. The van der Waals surface area contributed by atoms with E-state index in [9.17, 15) is 22.4 Å². The number of hydrogen-bond acceptors (Lipinski definition) is 3. The van der Waals surface area contributed by atoms with Gasteiger partial charge in [0.2, 0.25) is 0 Å². The molecular formula is C9H7F4NO2. The van der Waals surface area contributed by atoms with Crippen molar-refractivity contribution in [3.05, 3.63) is 29.8 Å². The fourth-order valence-electron chi connectivity index (χ4n) is 0.907. The minimum absolute atomic E-state index is 0.123. The Bertz CT molecular complexity index is 378. The highest BCUT2D eigenvalue weighted by Gasteiger charge is 2.27. The van der Waals surface area contributed by atoms with Crippen molar-refractivity contribution in [1.82, 2.24) is 4.98 Å². The van der Waals surface area contributed by atoms with Crippen LogP contribution in [0.25, 0.3) is 0 Å². The van der Waals surface area contributed by atoms with E-state index >= 15 is 0 Å². The second-order valence-electron chi connectivity index (χ2n) is 2.92. The summed E-state index contributed by atoms with van der Waals surface area (Å²) < 4.78 is 51.7. The Labute approximate surface area is 88.0 Å². The van der Waals surface area contributed by atoms with Crippen molar-refractivity contribution >= 4 is 5.78 Å². The highest BCUT2D eigenvalue weighted by Crippen LogP contribution is 2.14. The van der Waals surface area contributed by atoms with Gasteiger partial charge in [-0.25, -0.2) is 4.39 Å². The molecule has 0 saturated carbocycles. The molecule has 0 aromatic carbocycles. The molecular weight excluding hydrogens is 230 g/mol. The van der Waals surface area contributed by atoms with Crippen LogP contribution in [-0.2, 0) is 4.74 Å². The fourth-order valence-corrected chi connectivity index (χ4v) is 0.907. The number of nitrogens with zero attached hydrogens (tertiary/aromatic N) is 1. The molecule has 1 aromatic heterocycles. The molecule has 0 aliphatic carbocycles. The molecule has 1 rings (SSSR count). The molecule has 0 saturated heterocycles. The Morgan fingerprint density at radius 1 is 1.38 bits per heavy atom. The van der Waals surface area contributed by atoms with Crippen molar-refractivity contribution in [2.75, 3.05) is 13.2 Å². The number of ether oxygens (including phenoxy) is 1. The molecule has 0 radical (unpaired) electrons. The Morgan fingerprint density at radius 3 is 2.62 bits per heavy atom. The number of aromatic nitrogens is 1. The van der Waals surface area contributed by atoms with Crippen LogP contribution in [0.4, 0.5) is 17.6 Å². The minimum atomic E-state index is -4.49. The summed E-state index contributed by atoms with van der Waals surface area (Å²) in [6.07, 6.45) is -2.55. The summed E-state index contributed by atoms with van der Waals surface area (Å²) in [6.45, 7) is -2.27. The van der Waals surface area contributed by atoms with Gasteiger partial charge in [0.15, 0.2) is 5.78 Å².